The van der Waals surface area contributed by atoms with E-state index >= 15 is 0 Å². The van der Waals surface area contributed by atoms with E-state index in [4.69, 9.17) is 21.6 Å². The Morgan fingerprint density at radius 3 is 2.64 bits per heavy atom. The number of aromatic nitrogens is 2. The minimum Gasteiger partial charge on any atom is -0.462 e. The van der Waals surface area contributed by atoms with Crippen LogP contribution in [0.2, 0.25) is 5.02 Å². The average Bonchev–Trinajstić information content (AvgIpc) is 2.85. The van der Waals surface area contributed by atoms with Crippen LogP contribution < -0.4 is 15.0 Å². The Balaban J connectivity index is 1.28. The number of nitrogens with one attached hydrogen (secondary N) is 1. The van der Waals surface area contributed by atoms with Gasteiger partial charge in [0.25, 0.3) is 5.91 Å². The van der Waals surface area contributed by atoms with Gasteiger partial charge in [0.05, 0.1) is 10.6 Å². The third-order valence-corrected chi connectivity index (χ3v) is 6.27. The number of piperidine rings is 1. The first-order valence-corrected chi connectivity index (χ1v) is 11.3. The second kappa shape index (κ2) is 10.5. The van der Waals surface area contributed by atoms with Crippen LogP contribution in [0, 0.1) is 17.2 Å². The van der Waals surface area contributed by atoms with Gasteiger partial charge in [-0.2, -0.15) is 5.26 Å². The molecule has 1 atom stereocenters. The highest BCUT2D eigenvalue weighted by Gasteiger charge is 2.22. The molecule has 1 amide bonds. The molecule has 4 rings (SSSR count). The summed E-state index contributed by atoms with van der Waals surface area (Å²) < 4.78 is 5.87. The predicted molar refractivity (Wildman–Crippen MR) is 123 cm³/mol. The normalized spacial score (nSPS) is 18.7. The smallest absolute Gasteiger partial charge is 0.272 e. The van der Waals surface area contributed by atoms with E-state index in [2.05, 4.69) is 20.4 Å². The number of allylic oxidation sites excluding steroid dienone is 1. The maximum absolute atomic E-state index is 12.6. The van der Waals surface area contributed by atoms with Crippen LogP contribution in [-0.4, -0.2) is 41.5 Å². The molecule has 1 aliphatic carbocycles. The van der Waals surface area contributed by atoms with Gasteiger partial charge in [-0.05, 0) is 56.0 Å². The minimum atomic E-state index is -0.254. The monoisotopic (exact) mass is 465 g/mol. The molecule has 0 bridgehead atoms. The van der Waals surface area contributed by atoms with Crippen molar-refractivity contribution in [2.75, 3.05) is 18.0 Å². The van der Waals surface area contributed by atoms with Crippen molar-refractivity contribution in [3.63, 3.8) is 0 Å². The van der Waals surface area contributed by atoms with Gasteiger partial charge in [0, 0.05) is 37.5 Å². The molecule has 0 unspecified atom stereocenters. The number of hydrogen-bond acceptors (Lipinski definition) is 7. The van der Waals surface area contributed by atoms with E-state index in [1.165, 1.54) is 0 Å². The van der Waals surface area contributed by atoms with Crippen LogP contribution in [0.1, 0.15) is 48.2 Å². The van der Waals surface area contributed by atoms with Crippen LogP contribution in [0.3, 0.4) is 0 Å². The summed E-state index contributed by atoms with van der Waals surface area (Å²) >= 11 is 6.06. The number of anilines is 1. The van der Waals surface area contributed by atoms with Crippen molar-refractivity contribution in [2.24, 2.45) is 5.92 Å². The van der Waals surface area contributed by atoms with E-state index in [0.717, 1.165) is 50.2 Å². The van der Waals surface area contributed by atoms with E-state index in [-0.39, 0.29) is 23.6 Å². The third-order valence-electron chi connectivity index (χ3n) is 5.95. The summed E-state index contributed by atoms with van der Waals surface area (Å²) in [4.78, 5) is 25.6. The number of carbonyl (C=O) groups excluding carboxylic acids is 2. The zero-order valence-electron chi connectivity index (χ0n) is 18.0. The Labute approximate surface area is 197 Å². The maximum atomic E-state index is 12.6. The standard InChI is InChI=1S/C24H24ClN5O3/c25-21-13-20(4-1-17(21)14-26)33-19-5-2-18(3-6-19)27-24(32)22-7-8-23(29-28-22)30-11-9-16(15-31)10-12-30/h1,4-5,7-8,13,15-16,18H,2-3,6,9-12H2,(H,27,32)/t18-/m0/s1. The molecule has 1 aromatic heterocycles. The summed E-state index contributed by atoms with van der Waals surface area (Å²) in [6.07, 6.45) is 6.65. The van der Waals surface area contributed by atoms with Gasteiger partial charge in [-0.25, -0.2) is 0 Å². The Kier molecular flexibility index (Phi) is 7.20. The zero-order chi connectivity index (χ0) is 23.2. The molecule has 0 saturated carbocycles. The molecule has 1 saturated heterocycles. The van der Waals surface area contributed by atoms with Gasteiger partial charge >= 0.3 is 0 Å². The zero-order valence-corrected chi connectivity index (χ0v) is 18.8. The molecular formula is C24H24ClN5O3. The van der Waals surface area contributed by atoms with Crippen molar-refractivity contribution in [1.82, 2.24) is 15.5 Å². The van der Waals surface area contributed by atoms with E-state index in [1.54, 1.807) is 30.3 Å². The molecule has 1 fully saturated rings. The number of aldehydes is 1. The van der Waals surface area contributed by atoms with E-state index in [9.17, 15) is 9.59 Å². The van der Waals surface area contributed by atoms with Crippen LogP contribution in [0.25, 0.3) is 0 Å². The summed E-state index contributed by atoms with van der Waals surface area (Å²) in [5.41, 5.74) is 0.683. The molecule has 0 radical (unpaired) electrons. The van der Waals surface area contributed by atoms with Gasteiger partial charge in [-0.15, -0.1) is 10.2 Å². The molecule has 1 N–H and O–H groups in total. The Bertz CT molecular complexity index is 1090. The van der Waals surface area contributed by atoms with Crippen LogP contribution >= 0.6 is 11.6 Å². The summed E-state index contributed by atoms with van der Waals surface area (Å²) in [6.45, 7) is 1.52. The van der Waals surface area contributed by atoms with Crippen molar-refractivity contribution in [3.05, 3.63) is 58.4 Å². The van der Waals surface area contributed by atoms with Gasteiger partial charge in [-0.1, -0.05) is 11.6 Å². The highest BCUT2D eigenvalue weighted by molar-refractivity contribution is 6.31. The number of halogens is 1. The number of amides is 1. The lowest BCUT2D eigenvalue weighted by atomic mass is 9.99. The van der Waals surface area contributed by atoms with Gasteiger partial charge in [0.1, 0.15) is 23.9 Å². The molecule has 8 nitrogen and oxygen atoms in total. The minimum absolute atomic E-state index is 0.0155. The molecule has 2 aromatic rings. The van der Waals surface area contributed by atoms with Crippen LogP contribution in [0.15, 0.2) is 42.2 Å². The number of carbonyl (C=O) groups is 2. The highest BCUT2D eigenvalue weighted by Crippen LogP contribution is 2.27. The van der Waals surface area contributed by atoms with Crippen molar-refractivity contribution < 1.29 is 14.3 Å². The van der Waals surface area contributed by atoms with E-state index in [0.29, 0.717) is 29.2 Å². The molecular weight excluding hydrogens is 442 g/mol. The van der Waals surface area contributed by atoms with Gasteiger partial charge in [-0.3, -0.25) is 4.79 Å². The molecule has 1 aliphatic heterocycles. The fraction of sp³-hybridized carbons (Fsp3) is 0.375. The number of rotatable bonds is 6. The first kappa shape index (κ1) is 22.7. The highest BCUT2D eigenvalue weighted by atomic mass is 35.5. The molecule has 33 heavy (non-hydrogen) atoms. The molecule has 2 heterocycles. The van der Waals surface area contributed by atoms with Crippen molar-refractivity contribution >= 4 is 29.6 Å². The summed E-state index contributed by atoms with van der Waals surface area (Å²) in [6, 6.07) is 10.5. The number of nitriles is 1. The first-order valence-electron chi connectivity index (χ1n) is 11.0. The molecule has 170 valence electrons. The van der Waals surface area contributed by atoms with Gasteiger partial charge < -0.3 is 19.7 Å². The van der Waals surface area contributed by atoms with Gasteiger partial charge in [0.2, 0.25) is 0 Å². The van der Waals surface area contributed by atoms with Gasteiger partial charge in [0.15, 0.2) is 11.5 Å². The lowest BCUT2D eigenvalue weighted by molar-refractivity contribution is -0.111. The fourth-order valence-corrected chi connectivity index (χ4v) is 4.19. The summed E-state index contributed by atoms with van der Waals surface area (Å²) in [7, 11) is 0. The van der Waals surface area contributed by atoms with E-state index < -0.39 is 0 Å². The molecule has 1 aromatic carbocycles. The Morgan fingerprint density at radius 2 is 2.03 bits per heavy atom. The van der Waals surface area contributed by atoms with Crippen LogP contribution in [0.4, 0.5) is 5.82 Å². The number of hydrogen-bond donors (Lipinski definition) is 1. The maximum Gasteiger partial charge on any atom is 0.272 e. The lowest BCUT2D eigenvalue weighted by Gasteiger charge is -2.30. The largest absolute Gasteiger partial charge is 0.462 e. The van der Waals surface area contributed by atoms with Crippen molar-refractivity contribution in [3.8, 4) is 11.8 Å². The number of nitrogens with zero attached hydrogens (tertiary/aromatic N) is 4. The summed E-state index contributed by atoms with van der Waals surface area (Å²) in [5, 5.41) is 20.6. The topological polar surface area (TPSA) is 108 Å². The molecule has 0 spiro atoms. The number of benzene rings is 1. The fourth-order valence-electron chi connectivity index (χ4n) is 3.97. The SMILES string of the molecule is N#Cc1ccc(OC2=CC[C@H](NC(=O)c3ccc(N4CCC(C=O)CC4)nn3)CC2)cc1Cl. The molecule has 9 heteroatoms. The Hall–Kier alpha value is -3.44. The number of ether oxygens (including phenoxy) is 1. The Morgan fingerprint density at radius 1 is 1.21 bits per heavy atom. The molecule has 2 aliphatic rings. The average molecular weight is 466 g/mol. The predicted octanol–water partition coefficient (Wildman–Crippen LogP) is 3.66. The lowest BCUT2D eigenvalue weighted by Crippen LogP contribution is -2.37. The van der Waals surface area contributed by atoms with E-state index in [1.807, 2.05) is 12.1 Å². The summed E-state index contributed by atoms with van der Waals surface area (Å²) in [5.74, 6) is 1.98. The third kappa shape index (κ3) is 5.68. The quantitative estimate of drug-likeness (QED) is 0.648. The second-order valence-electron chi connectivity index (χ2n) is 8.21. The first-order chi connectivity index (χ1) is 16.1. The van der Waals surface area contributed by atoms with Crippen molar-refractivity contribution in [2.45, 2.75) is 38.1 Å². The van der Waals surface area contributed by atoms with Crippen molar-refractivity contribution in [1.29, 1.82) is 5.26 Å². The second-order valence-corrected chi connectivity index (χ2v) is 8.62. The van der Waals surface area contributed by atoms with Crippen LogP contribution in [0.5, 0.6) is 5.75 Å². The van der Waals surface area contributed by atoms with Crippen LogP contribution in [-0.2, 0) is 4.79 Å².